The molecule has 3 aromatic rings. The lowest BCUT2D eigenvalue weighted by molar-refractivity contribution is 0.405. The van der Waals surface area contributed by atoms with Crippen LogP contribution >= 0.6 is 11.3 Å². The summed E-state index contributed by atoms with van der Waals surface area (Å²) in [5.41, 5.74) is 2.25. The molecule has 3 heterocycles. The second-order valence-electron chi connectivity index (χ2n) is 8.25. The zero-order valence-electron chi connectivity index (χ0n) is 15.3. The van der Waals surface area contributed by atoms with E-state index in [1.165, 1.54) is 4.88 Å². The van der Waals surface area contributed by atoms with E-state index in [4.69, 9.17) is 10.2 Å². The molecular weight excluding hydrogens is 316 g/mol. The van der Waals surface area contributed by atoms with Crippen molar-refractivity contribution in [2.45, 2.75) is 58.5 Å². The maximum atomic E-state index is 4.85. The third kappa shape index (κ3) is 3.31. The number of hydrogen-bond acceptors (Lipinski definition) is 3. The van der Waals surface area contributed by atoms with E-state index in [-0.39, 0.29) is 17.0 Å². The van der Waals surface area contributed by atoms with Crippen molar-refractivity contribution >= 4 is 11.3 Å². The van der Waals surface area contributed by atoms with Crippen LogP contribution in [0.3, 0.4) is 0 Å². The Hall–Kier alpha value is -1.88. The maximum Gasteiger partial charge on any atom is 0.177 e. The van der Waals surface area contributed by atoms with E-state index in [9.17, 15) is 0 Å². The van der Waals surface area contributed by atoms with Gasteiger partial charge in [0.05, 0.1) is 16.3 Å². The molecule has 4 nitrogen and oxygen atoms in total. The van der Waals surface area contributed by atoms with Crippen LogP contribution in [0.2, 0.25) is 0 Å². The average Bonchev–Trinajstić information content (AvgIpc) is 3.19. The van der Waals surface area contributed by atoms with Gasteiger partial charge >= 0.3 is 0 Å². The molecule has 0 aromatic carbocycles. The summed E-state index contributed by atoms with van der Waals surface area (Å²) in [6.07, 6.45) is 4.07. The summed E-state index contributed by atoms with van der Waals surface area (Å²) in [5, 5.41) is 11.8. The fraction of sp³-hybridized carbons (Fsp3) is 0.474. The van der Waals surface area contributed by atoms with Gasteiger partial charge in [-0.1, -0.05) is 47.6 Å². The molecular formula is C19H26N4S. The summed E-state index contributed by atoms with van der Waals surface area (Å²) in [7, 11) is 0. The molecule has 0 saturated carbocycles. The molecule has 128 valence electrons. The average molecular weight is 343 g/mol. The van der Waals surface area contributed by atoms with Crippen LogP contribution in [0.15, 0.2) is 42.0 Å². The monoisotopic (exact) mass is 342 g/mol. The molecule has 0 amide bonds. The zero-order valence-corrected chi connectivity index (χ0v) is 16.1. The molecule has 0 spiro atoms. The Balaban J connectivity index is 2.05. The number of aromatic nitrogens is 4. The first kappa shape index (κ1) is 17.0. The highest BCUT2D eigenvalue weighted by Gasteiger charge is 2.24. The van der Waals surface area contributed by atoms with E-state index in [1.54, 1.807) is 11.3 Å². The predicted octanol–water partition coefficient (Wildman–Crippen LogP) is 4.83. The van der Waals surface area contributed by atoms with Crippen molar-refractivity contribution in [1.29, 1.82) is 0 Å². The third-order valence-electron chi connectivity index (χ3n) is 4.05. The lowest BCUT2D eigenvalue weighted by atomic mass is 9.93. The van der Waals surface area contributed by atoms with Crippen molar-refractivity contribution in [3.8, 4) is 0 Å². The Bertz CT molecular complexity index is 745. The first-order valence-electron chi connectivity index (χ1n) is 8.31. The summed E-state index contributed by atoms with van der Waals surface area (Å²) in [4.78, 5) is 1.22. The van der Waals surface area contributed by atoms with E-state index in [0.29, 0.717) is 0 Å². The minimum atomic E-state index is -0.0443. The predicted molar refractivity (Wildman–Crippen MR) is 99.7 cm³/mol. The Morgan fingerprint density at radius 1 is 0.833 bits per heavy atom. The summed E-state index contributed by atoms with van der Waals surface area (Å²) in [5.74, 6) is 0. The van der Waals surface area contributed by atoms with Gasteiger partial charge in [0.2, 0.25) is 0 Å². The largest absolute Gasteiger partial charge is 0.242 e. The topological polar surface area (TPSA) is 35.6 Å². The third-order valence-corrected chi connectivity index (χ3v) is 4.96. The van der Waals surface area contributed by atoms with Crippen LogP contribution in [0, 0.1) is 0 Å². The number of thiophene rings is 1. The van der Waals surface area contributed by atoms with E-state index >= 15 is 0 Å². The lowest BCUT2D eigenvalue weighted by Gasteiger charge is -2.20. The van der Waals surface area contributed by atoms with Gasteiger partial charge in [0.15, 0.2) is 6.17 Å². The summed E-state index contributed by atoms with van der Waals surface area (Å²) in [6.45, 7) is 13.1. The minimum absolute atomic E-state index is 0.0337. The lowest BCUT2D eigenvalue weighted by Crippen LogP contribution is -2.22. The van der Waals surface area contributed by atoms with Crippen LogP contribution in [0.25, 0.3) is 0 Å². The summed E-state index contributed by atoms with van der Waals surface area (Å²) in [6, 6.07) is 8.44. The van der Waals surface area contributed by atoms with Crippen LogP contribution in [-0.2, 0) is 10.8 Å². The van der Waals surface area contributed by atoms with Gasteiger partial charge in [0, 0.05) is 23.2 Å². The summed E-state index contributed by atoms with van der Waals surface area (Å²) < 4.78 is 4.04. The Kier molecular flexibility index (Phi) is 4.16. The quantitative estimate of drug-likeness (QED) is 0.683. The molecule has 0 aliphatic rings. The molecule has 0 N–H and O–H groups in total. The Morgan fingerprint density at radius 2 is 1.33 bits per heavy atom. The van der Waals surface area contributed by atoms with Gasteiger partial charge in [-0.2, -0.15) is 10.2 Å². The summed E-state index contributed by atoms with van der Waals surface area (Å²) >= 11 is 1.73. The highest BCUT2D eigenvalue weighted by atomic mass is 32.1. The zero-order chi connectivity index (χ0) is 17.5. The molecule has 0 fully saturated rings. The van der Waals surface area contributed by atoms with Crippen LogP contribution in [0.5, 0.6) is 0 Å². The molecule has 3 rings (SSSR count). The van der Waals surface area contributed by atoms with Gasteiger partial charge in [0.1, 0.15) is 0 Å². The van der Waals surface area contributed by atoms with Crippen LogP contribution in [0.4, 0.5) is 0 Å². The fourth-order valence-corrected chi connectivity index (χ4v) is 3.38. The van der Waals surface area contributed by atoms with E-state index in [2.05, 4.69) is 83.6 Å². The molecule has 0 saturated heterocycles. The number of nitrogens with zero attached hydrogens (tertiary/aromatic N) is 4. The van der Waals surface area contributed by atoms with Crippen molar-refractivity contribution in [3.05, 3.63) is 58.3 Å². The molecule has 24 heavy (non-hydrogen) atoms. The van der Waals surface area contributed by atoms with Gasteiger partial charge in [-0.25, -0.2) is 9.36 Å². The van der Waals surface area contributed by atoms with Gasteiger partial charge in [-0.3, -0.25) is 0 Å². The second kappa shape index (κ2) is 5.88. The van der Waals surface area contributed by atoms with Crippen molar-refractivity contribution in [2.24, 2.45) is 0 Å². The first-order chi connectivity index (χ1) is 11.2. The van der Waals surface area contributed by atoms with Gasteiger partial charge < -0.3 is 0 Å². The Morgan fingerprint density at radius 3 is 1.67 bits per heavy atom. The minimum Gasteiger partial charge on any atom is -0.242 e. The van der Waals surface area contributed by atoms with Gasteiger partial charge in [-0.15, -0.1) is 11.3 Å². The standard InChI is InChI=1S/C19H26N4S/c1-18(2,3)15-9-11-22(20-15)17(14-8-7-13-24-14)23-12-10-16(21-23)19(4,5)6/h7-13,17H,1-6H3. The normalized spacial score (nSPS) is 13.0. The molecule has 0 bridgehead atoms. The van der Waals surface area contributed by atoms with Crippen molar-refractivity contribution in [3.63, 3.8) is 0 Å². The maximum absolute atomic E-state index is 4.85. The SMILES string of the molecule is CC(C)(C)c1ccn(C(c2cccs2)n2ccc(C(C)(C)C)n2)n1. The van der Waals surface area contributed by atoms with Crippen molar-refractivity contribution in [1.82, 2.24) is 19.6 Å². The fourth-order valence-electron chi connectivity index (χ4n) is 2.57. The molecule has 0 atom stereocenters. The van der Waals surface area contributed by atoms with Crippen LogP contribution in [0.1, 0.15) is 64.0 Å². The first-order valence-corrected chi connectivity index (χ1v) is 9.19. The Labute approximate surface area is 148 Å². The van der Waals surface area contributed by atoms with E-state index < -0.39 is 0 Å². The molecule has 0 radical (unpaired) electrons. The smallest absolute Gasteiger partial charge is 0.177 e. The molecule has 0 unspecified atom stereocenters. The van der Waals surface area contributed by atoms with E-state index in [1.807, 2.05) is 9.36 Å². The second-order valence-corrected chi connectivity index (χ2v) is 9.23. The van der Waals surface area contributed by atoms with Gasteiger partial charge in [0.25, 0.3) is 0 Å². The number of rotatable bonds is 3. The molecule has 0 aliphatic carbocycles. The highest BCUT2D eigenvalue weighted by molar-refractivity contribution is 7.10. The van der Waals surface area contributed by atoms with Crippen LogP contribution < -0.4 is 0 Å². The highest BCUT2D eigenvalue weighted by Crippen LogP contribution is 2.28. The van der Waals surface area contributed by atoms with E-state index in [0.717, 1.165) is 11.4 Å². The molecule has 0 aliphatic heterocycles. The van der Waals surface area contributed by atoms with Crippen molar-refractivity contribution in [2.75, 3.05) is 0 Å². The number of hydrogen-bond donors (Lipinski definition) is 0. The molecule has 5 heteroatoms. The molecule has 3 aromatic heterocycles. The van der Waals surface area contributed by atoms with Crippen LogP contribution in [-0.4, -0.2) is 19.6 Å². The van der Waals surface area contributed by atoms with Crippen molar-refractivity contribution < 1.29 is 0 Å². The van der Waals surface area contributed by atoms with Gasteiger partial charge in [-0.05, 0) is 23.6 Å².